The fourth-order valence-electron chi connectivity index (χ4n) is 1.35. The van der Waals surface area contributed by atoms with Crippen molar-refractivity contribution in [1.82, 2.24) is 4.98 Å². The van der Waals surface area contributed by atoms with Crippen molar-refractivity contribution in [3.05, 3.63) is 16.1 Å². The van der Waals surface area contributed by atoms with Crippen LogP contribution in [0, 0.1) is 12.3 Å². The van der Waals surface area contributed by atoms with Gasteiger partial charge in [-0.2, -0.15) is 0 Å². The highest BCUT2D eigenvalue weighted by atomic mass is 32.1. The molecule has 80 valence electrons. The summed E-state index contributed by atoms with van der Waals surface area (Å²) in [6, 6.07) is 0. The van der Waals surface area contributed by atoms with Crippen LogP contribution in [-0.4, -0.2) is 16.7 Å². The zero-order valence-corrected chi connectivity index (χ0v) is 10.0. The number of nitrogens with zero attached hydrogens (tertiary/aromatic N) is 1. The minimum absolute atomic E-state index is 0.0798. The van der Waals surface area contributed by atoms with Gasteiger partial charge in [-0.25, -0.2) is 4.98 Å². The molecule has 1 atom stereocenters. The Morgan fingerprint density at radius 1 is 1.57 bits per heavy atom. The Hall–Kier alpha value is -0.410. The van der Waals surface area contributed by atoms with E-state index in [0.29, 0.717) is 0 Å². The molecular formula is C11H19NOS. The molecule has 2 nitrogen and oxygen atoms in total. The number of aryl methyl sites for hydroxylation is 2. The van der Waals surface area contributed by atoms with E-state index in [1.807, 2.05) is 12.4 Å². The second kappa shape index (κ2) is 4.89. The first-order valence-corrected chi connectivity index (χ1v) is 5.99. The van der Waals surface area contributed by atoms with E-state index in [9.17, 15) is 5.11 Å². The molecule has 0 saturated heterocycles. The lowest BCUT2D eigenvalue weighted by atomic mass is 9.83. The lowest BCUT2D eigenvalue weighted by Gasteiger charge is -2.25. The molecule has 0 aromatic carbocycles. The van der Waals surface area contributed by atoms with Crippen LogP contribution in [0.25, 0.3) is 0 Å². The van der Waals surface area contributed by atoms with E-state index in [4.69, 9.17) is 0 Å². The summed E-state index contributed by atoms with van der Waals surface area (Å²) in [5.74, 6) is 0. The molecule has 0 amide bonds. The third-order valence-corrected chi connectivity index (χ3v) is 4.03. The van der Waals surface area contributed by atoms with Gasteiger partial charge in [0.1, 0.15) is 0 Å². The van der Waals surface area contributed by atoms with Gasteiger partial charge in [0.2, 0.25) is 0 Å². The molecule has 1 aromatic rings. The van der Waals surface area contributed by atoms with Crippen LogP contribution in [0.4, 0.5) is 0 Å². The number of hydrogen-bond donors (Lipinski definition) is 1. The lowest BCUT2D eigenvalue weighted by molar-refractivity contribution is 0.129. The van der Waals surface area contributed by atoms with Crippen molar-refractivity contribution in [1.29, 1.82) is 0 Å². The molecule has 0 radical (unpaired) electrons. The molecule has 0 aliphatic carbocycles. The van der Waals surface area contributed by atoms with E-state index >= 15 is 0 Å². The Balaban J connectivity index is 2.52. The summed E-state index contributed by atoms with van der Waals surface area (Å²) >= 11 is 1.72. The Morgan fingerprint density at radius 3 is 2.71 bits per heavy atom. The van der Waals surface area contributed by atoms with Crippen LogP contribution in [-0.2, 0) is 6.42 Å². The first-order valence-electron chi connectivity index (χ1n) is 5.11. The van der Waals surface area contributed by atoms with Crippen LogP contribution in [0.2, 0.25) is 0 Å². The molecule has 0 fully saturated rings. The van der Waals surface area contributed by atoms with Gasteiger partial charge in [-0.3, -0.25) is 0 Å². The highest BCUT2D eigenvalue weighted by molar-refractivity contribution is 7.09. The first kappa shape index (κ1) is 11.7. The van der Waals surface area contributed by atoms with E-state index < -0.39 is 0 Å². The van der Waals surface area contributed by atoms with Crippen molar-refractivity contribution in [2.45, 2.75) is 40.0 Å². The third kappa shape index (κ3) is 2.79. The molecule has 1 heterocycles. The summed E-state index contributed by atoms with van der Waals surface area (Å²) in [4.78, 5) is 5.58. The van der Waals surface area contributed by atoms with Crippen LogP contribution >= 0.6 is 11.3 Å². The van der Waals surface area contributed by atoms with Gasteiger partial charge in [-0.1, -0.05) is 13.8 Å². The van der Waals surface area contributed by atoms with Gasteiger partial charge in [-0.15, -0.1) is 11.3 Å². The summed E-state index contributed by atoms with van der Waals surface area (Å²) in [6.45, 7) is 6.61. The predicted octanol–water partition coefficient (Wildman–Crippen LogP) is 2.79. The molecule has 0 spiro atoms. The van der Waals surface area contributed by atoms with E-state index in [1.165, 1.54) is 4.88 Å². The molecule has 1 unspecified atom stereocenters. The maximum Gasteiger partial charge on any atom is 0.0797 e. The standard InChI is InChI=1S/C11H19NOS/c1-4-11(3,7-13)6-5-10-9(2)12-8-14-10/h8,13H,4-7H2,1-3H3. The second-order valence-corrected chi connectivity index (χ2v) is 5.12. The van der Waals surface area contributed by atoms with Crippen molar-refractivity contribution in [2.24, 2.45) is 5.41 Å². The highest BCUT2D eigenvalue weighted by Crippen LogP contribution is 2.28. The molecule has 3 heteroatoms. The van der Waals surface area contributed by atoms with Gasteiger partial charge in [0.25, 0.3) is 0 Å². The monoisotopic (exact) mass is 213 g/mol. The van der Waals surface area contributed by atoms with E-state index in [2.05, 4.69) is 18.8 Å². The molecule has 0 aliphatic heterocycles. The smallest absolute Gasteiger partial charge is 0.0797 e. The summed E-state index contributed by atoms with van der Waals surface area (Å²) in [7, 11) is 0. The van der Waals surface area contributed by atoms with Gasteiger partial charge < -0.3 is 5.11 Å². The van der Waals surface area contributed by atoms with E-state index in [1.54, 1.807) is 11.3 Å². The summed E-state index contributed by atoms with van der Waals surface area (Å²) in [5.41, 5.74) is 3.12. The second-order valence-electron chi connectivity index (χ2n) is 4.18. The van der Waals surface area contributed by atoms with Gasteiger partial charge in [-0.05, 0) is 31.6 Å². The molecule has 14 heavy (non-hydrogen) atoms. The number of hydrogen-bond acceptors (Lipinski definition) is 3. The average molecular weight is 213 g/mol. The van der Waals surface area contributed by atoms with Crippen LogP contribution in [0.3, 0.4) is 0 Å². The molecule has 0 aliphatic rings. The quantitative estimate of drug-likeness (QED) is 0.816. The molecular weight excluding hydrogens is 194 g/mol. The van der Waals surface area contributed by atoms with Crippen LogP contribution in [0.5, 0.6) is 0 Å². The maximum absolute atomic E-state index is 9.27. The maximum atomic E-state index is 9.27. The molecule has 1 aromatic heterocycles. The van der Waals surface area contributed by atoms with Gasteiger partial charge in [0, 0.05) is 11.5 Å². The van der Waals surface area contributed by atoms with Crippen LogP contribution in [0.15, 0.2) is 5.51 Å². The summed E-state index contributed by atoms with van der Waals surface area (Å²) in [5, 5.41) is 9.27. The minimum Gasteiger partial charge on any atom is -0.396 e. The third-order valence-electron chi connectivity index (χ3n) is 3.04. The van der Waals surface area contributed by atoms with Crippen LogP contribution in [0.1, 0.15) is 37.3 Å². The number of rotatable bonds is 5. The summed E-state index contributed by atoms with van der Waals surface area (Å²) in [6.07, 6.45) is 3.12. The lowest BCUT2D eigenvalue weighted by Crippen LogP contribution is -2.20. The van der Waals surface area contributed by atoms with Crippen LogP contribution < -0.4 is 0 Å². The van der Waals surface area contributed by atoms with E-state index in [-0.39, 0.29) is 12.0 Å². The van der Waals surface area contributed by atoms with Gasteiger partial charge >= 0.3 is 0 Å². The molecule has 0 saturated carbocycles. The fourth-order valence-corrected chi connectivity index (χ4v) is 2.13. The molecule has 0 bridgehead atoms. The van der Waals surface area contributed by atoms with Crippen molar-refractivity contribution >= 4 is 11.3 Å². The fraction of sp³-hybridized carbons (Fsp3) is 0.727. The Morgan fingerprint density at radius 2 is 2.29 bits per heavy atom. The Bertz CT molecular complexity index is 279. The average Bonchev–Trinajstić information content (AvgIpc) is 2.61. The SMILES string of the molecule is CCC(C)(CO)CCc1scnc1C. The van der Waals surface area contributed by atoms with Crippen molar-refractivity contribution in [3.8, 4) is 0 Å². The van der Waals surface area contributed by atoms with Gasteiger partial charge in [0.05, 0.1) is 11.2 Å². The summed E-state index contributed by atoms with van der Waals surface area (Å²) < 4.78 is 0. The number of aliphatic hydroxyl groups is 1. The minimum atomic E-state index is 0.0798. The first-order chi connectivity index (χ1) is 6.61. The Kier molecular flexibility index (Phi) is 4.08. The number of aromatic nitrogens is 1. The topological polar surface area (TPSA) is 33.1 Å². The van der Waals surface area contributed by atoms with Gasteiger partial charge in [0.15, 0.2) is 0 Å². The van der Waals surface area contributed by atoms with E-state index in [0.717, 1.165) is 25.0 Å². The number of thiazole rings is 1. The largest absolute Gasteiger partial charge is 0.396 e. The zero-order valence-electron chi connectivity index (χ0n) is 9.21. The van der Waals surface area contributed by atoms with Crippen molar-refractivity contribution in [2.75, 3.05) is 6.61 Å². The predicted molar refractivity (Wildman–Crippen MR) is 60.7 cm³/mol. The normalized spacial score (nSPS) is 15.4. The zero-order chi connectivity index (χ0) is 10.6. The van der Waals surface area contributed by atoms with Crippen molar-refractivity contribution < 1.29 is 5.11 Å². The molecule has 1 rings (SSSR count). The Labute approximate surface area is 90.0 Å². The van der Waals surface area contributed by atoms with Crippen molar-refractivity contribution in [3.63, 3.8) is 0 Å². The molecule has 1 N–H and O–H groups in total. The number of aliphatic hydroxyl groups excluding tert-OH is 1. The highest BCUT2D eigenvalue weighted by Gasteiger charge is 2.21.